The van der Waals surface area contributed by atoms with Gasteiger partial charge in [-0.25, -0.2) is 4.99 Å². The normalized spacial score (nSPS) is 14.4. The van der Waals surface area contributed by atoms with Crippen LogP contribution >= 0.6 is 23.2 Å². The zero-order valence-corrected chi connectivity index (χ0v) is 16.8. The second kappa shape index (κ2) is 7.20. The molecule has 0 saturated carbocycles. The maximum absolute atomic E-state index is 14.0. The lowest BCUT2D eigenvalue weighted by molar-refractivity contribution is -0.357. The van der Waals surface area contributed by atoms with Crippen molar-refractivity contribution in [2.75, 3.05) is 5.32 Å². The maximum Gasteiger partial charge on any atom is 0.447 e. The summed E-state index contributed by atoms with van der Waals surface area (Å²) in [7, 11) is 0. The molecule has 3 N–H and O–H groups in total. The number of aliphatic imine (C=N–C) groups is 1. The molecule has 0 unspecified atom stereocenters. The van der Waals surface area contributed by atoms with Gasteiger partial charge in [0, 0.05) is 22.7 Å². The fourth-order valence-electron chi connectivity index (χ4n) is 3.25. The van der Waals surface area contributed by atoms with Crippen LogP contribution in [0.25, 0.3) is 10.9 Å². The number of alkyl halides is 6. The molecule has 0 bridgehead atoms. The van der Waals surface area contributed by atoms with Gasteiger partial charge >= 0.3 is 12.4 Å². The predicted octanol–water partition coefficient (Wildman–Crippen LogP) is 5.98. The molecule has 3 aromatic rings. The molecule has 2 aromatic carbocycles. The molecule has 168 valence electrons. The van der Waals surface area contributed by atoms with E-state index in [9.17, 15) is 36.6 Å². The third kappa shape index (κ3) is 3.54. The number of nitrogens with zero attached hydrogens (tertiary/aromatic N) is 2. The van der Waals surface area contributed by atoms with E-state index in [1.54, 1.807) is 0 Å². The third-order valence-corrected chi connectivity index (χ3v) is 5.44. The molecular weight excluding hydrogens is 487 g/mol. The Bertz CT molecular complexity index is 1290. The number of aliphatic hydroxyl groups is 2. The van der Waals surface area contributed by atoms with Crippen LogP contribution in [-0.4, -0.2) is 33.3 Å². The van der Waals surface area contributed by atoms with E-state index in [-0.39, 0.29) is 32.5 Å². The van der Waals surface area contributed by atoms with E-state index in [1.165, 1.54) is 18.2 Å². The number of benzene rings is 2. The lowest BCUT2D eigenvalue weighted by Crippen LogP contribution is -2.42. The van der Waals surface area contributed by atoms with Gasteiger partial charge in [0.05, 0.1) is 32.6 Å². The van der Waals surface area contributed by atoms with Crippen LogP contribution in [0.15, 0.2) is 41.5 Å². The molecule has 0 atom stereocenters. The molecule has 0 amide bonds. The molecule has 0 fully saturated rings. The first kappa shape index (κ1) is 22.6. The van der Waals surface area contributed by atoms with Crippen LogP contribution in [0.5, 0.6) is 0 Å². The number of anilines is 2. The molecule has 1 aliphatic heterocycles. The van der Waals surface area contributed by atoms with Crippen LogP contribution in [0.2, 0.25) is 10.0 Å². The van der Waals surface area contributed by atoms with Crippen molar-refractivity contribution in [3.8, 4) is 0 Å². The molecule has 0 aliphatic carbocycles. The summed E-state index contributed by atoms with van der Waals surface area (Å²) in [5.41, 5.74) is -4.89. The van der Waals surface area contributed by atoms with Crippen molar-refractivity contribution in [2.45, 2.75) is 18.1 Å². The highest BCUT2D eigenvalue weighted by Crippen LogP contribution is 2.47. The average Bonchev–Trinajstić information content (AvgIpc) is 2.83. The van der Waals surface area contributed by atoms with Crippen molar-refractivity contribution in [3.05, 3.63) is 57.7 Å². The minimum atomic E-state index is -5.64. The molecule has 13 heteroatoms. The van der Waals surface area contributed by atoms with Crippen molar-refractivity contribution in [1.29, 1.82) is 0 Å². The van der Waals surface area contributed by atoms with Crippen LogP contribution in [0, 0.1) is 0 Å². The topological polar surface area (TPSA) is 77.7 Å². The average molecular weight is 496 g/mol. The second-order valence-corrected chi connectivity index (χ2v) is 7.60. The van der Waals surface area contributed by atoms with Crippen LogP contribution in [-0.2, 0) is 5.79 Å². The SMILES string of the molecule is OC(O)(c1cc2c(c3cccnc13)Nc1cc(Cl)c(Cl)cc1N=C2C(F)(F)F)C(F)(F)F. The number of aromatic nitrogens is 1. The molecular formula is C19H9Cl2F6N3O2. The summed E-state index contributed by atoms with van der Waals surface area (Å²) >= 11 is 11.9. The van der Waals surface area contributed by atoms with Crippen LogP contribution in [0.1, 0.15) is 11.1 Å². The highest BCUT2D eigenvalue weighted by Gasteiger charge is 2.56. The van der Waals surface area contributed by atoms with Gasteiger partial charge in [-0.2, -0.15) is 26.3 Å². The van der Waals surface area contributed by atoms with Crippen LogP contribution < -0.4 is 5.32 Å². The van der Waals surface area contributed by atoms with Crippen LogP contribution in [0.4, 0.5) is 43.4 Å². The predicted molar refractivity (Wildman–Crippen MR) is 106 cm³/mol. The van der Waals surface area contributed by atoms with Crippen LogP contribution in [0.3, 0.4) is 0 Å². The third-order valence-electron chi connectivity index (χ3n) is 4.72. The Morgan fingerprint density at radius 1 is 0.938 bits per heavy atom. The number of hydrogen-bond donors (Lipinski definition) is 3. The molecule has 2 heterocycles. The highest BCUT2D eigenvalue weighted by molar-refractivity contribution is 6.42. The monoisotopic (exact) mass is 495 g/mol. The van der Waals surface area contributed by atoms with Gasteiger partial charge in [0.2, 0.25) is 0 Å². The van der Waals surface area contributed by atoms with Crippen molar-refractivity contribution in [2.24, 2.45) is 4.99 Å². The fourth-order valence-corrected chi connectivity index (χ4v) is 3.57. The summed E-state index contributed by atoms with van der Waals surface area (Å²) in [6, 6.07) is 5.07. The van der Waals surface area contributed by atoms with E-state index in [4.69, 9.17) is 23.2 Å². The summed E-state index contributed by atoms with van der Waals surface area (Å²) < 4.78 is 82.0. The summed E-state index contributed by atoms with van der Waals surface area (Å²) in [6.45, 7) is 0. The Kier molecular flexibility index (Phi) is 5.09. The zero-order valence-electron chi connectivity index (χ0n) is 15.3. The van der Waals surface area contributed by atoms with Crippen molar-refractivity contribution in [3.63, 3.8) is 0 Å². The van der Waals surface area contributed by atoms with Crippen molar-refractivity contribution < 1.29 is 36.6 Å². The van der Waals surface area contributed by atoms with Gasteiger partial charge in [0.1, 0.15) is 0 Å². The Labute approximate surface area is 184 Å². The summed E-state index contributed by atoms with van der Waals surface area (Å²) in [6.07, 6.45) is -9.71. The number of fused-ring (bicyclic) bond motifs is 4. The largest absolute Gasteiger partial charge is 0.447 e. The number of rotatable bonds is 1. The smallest absolute Gasteiger partial charge is 0.355 e. The molecule has 0 saturated heterocycles. The molecule has 1 aromatic heterocycles. The Morgan fingerprint density at radius 3 is 2.22 bits per heavy atom. The fraction of sp³-hybridized carbons (Fsp3) is 0.158. The van der Waals surface area contributed by atoms with Gasteiger partial charge in [-0.3, -0.25) is 4.98 Å². The van der Waals surface area contributed by atoms with E-state index in [0.717, 1.165) is 12.3 Å². The molecule has 4 rings (SSSR count). The Hall–Kier alpha value is -2.60. The maximum atomic E-state index is 14.0. The quantitative estimate of drug-likeness (QED) is 0.286. The summed E-state index contributed by atoms with van der Waals surface area (Å²) in [5.74, 6) is -4.49. The molecule has 32 heavy (non-hydrogen) atoms. The molecule has 0 spiro atoms. The summed E-state index contributed by atoms with van der Waals surface area (Å²) in [5, 5.41) is 22.0. The number of pyridine rings is 1. The lowest BCUT2D eigenvalue weighted by Gasteiger charge is -2.27. The number of halogens is 8. The van der Waals surface area contributed by atoms with Crippen molar-refractivity contribution >= 4 is 56.9 Å². The van der Waals surface area contributed by atoms with E-state index in [0.29, 0.717) is 6.07 Å². The number of hydrogen-bond acceptors (Lipinski definition) is 5. The standard InChI is InChI=1S/C19H9Cl2F6N3O2/c20-10-5-12-13(6-11(10)21)30-16(18(22,23)24)8-4-9(17(31,32)19(25,26)27)15-7(14(8)29-12)2-1-3-28-15/h1-6,29,31-32H. The Morgan fingerprint density at radius 2 is 1.59 bits per heavy atom. The molecule has 5 nitrogen and oxygen atoms in total. The van der Waals surface area contributed by atoms with Gasteiger partial charge in [-0.05, 0) is 30.3 Å². The first-order valence-electron chi connectivity index (χ1n) is 8.58. The van der Waals surface area contributed by atoms with Gasteiger partial charge < -0.3 is 15.5 Å². The van der Waals surface area contributed by atoms with Gasteiger partial charge in [0.15, 0.2) is 5.71 Å². The van der Waals surface area contributed by atoms with E-state index >= 15 is 0 Å². The molecule has 1 aliphatic rings. The molecule has 0 radical (unpaired) electrons. The van der Waals surface area contributed by atoms with Crippen molar-refractivity contribution in [1.82, 2.24) is 4.98 Å². The second-order valence-electron chi connectivity index (χ2n) is 6.78. The van der Waals surface area contributed by atoms with E-state index in [2.05, 4.69) is 15.3 Å². The highest BCUT2D eigenvalue weighted by atomic mass is 35.5. The van der Waals surface area contributed by atoms with E-state index in [1.807, 2.05) is 0 Å². The van der Waals surface area contributed by atoms with Gasteiger partial charge in [0.25, 0.3) is 5.79 Å². The first-order valence-corrected chi connectivity index (χ1v) is 9.33. The number of nitrogens with one attached hydrogen (secondary N) is 1. The summed E-state index contributed by atoms with van der Waals surface area (Å²) in [4.78, 5) is 7.31. The van der Waals surface area contributed by atoms with Gasteiger partial charge in [-0.15, -0.1) is 0 Å². The lowest BCUT2D eigenvalue weighted by atomic mass is 9.94. The minimum Gasteiger partial charge on any atom is -0.355 e. The first-order chi connectivity index (χ1) is 14.7. The Balaban J connectivity index is 2.15. The zero-order chi connectivity index (χ0) is 23.6. The van der Waals surface area contributed by atoms with E-state index < -0.39 is 40.5 Å². The van der Waals surface area contributed by atoms with Gasteiger partial charge in [-0.1, -0.05) is 23.2 Å². The minimum absolute atomic E-state index is 0.00659.